The van der Waals surface area contributed by atoms with Crippen molar-refractivity contribution in [1.29, 1.82) is 0 Å². The van der Waals surface area contributed by atoms with Crippen LogP contribution in [0.15, 0.2) is 36.4 Å². The Morgan fingerprint density at radius 2 is 1.58 bits per heavy atom. The summed E-state index contributed by atoms with van der Waals surface area (Å²) in [6.45, 7) is 0. The Balaban J connectivity index is 2.23. The lowest BCUT2D eigenvalue weighted by atomic mass is 10.0. The second-order valence-corrected chi connectivity index (χ2v) is 4.55. The summed E-state index contributed by atoms with van der Waals surface area (Å²) >= 11 is 5.71. The second-order valence-electron chi connectivity index (χ2n) is 4.11. The van der Waals surface area contributed by atoms with Gasteiger partial charge in [-0.25, -0.2) is 13.2 Å². The molecule has 2 aromatic rings. The predicted molar refractivity (Wildman–Crippen MR) is 66.4 cm³/mol. The average Bonchev–Trinajstić information content (AvgIpc) is 2.39. The van der Waals surface area contributed by atoms with Crippen LogP contribution in [-0.2, 0) is 6.42 Å². The van der Waals surface area contributed by atoms with E-state index in [9.17, 15) is 18.3 Å². The summed E-state index contributed by atoms with van der Waals surface area (Å²) < 4.78 is 39.3. The van der Waals surface area contributed by atoms with Crippen LogP contribution in [0.2, 0.25) is 5.02 Å². The molecule has 0 aromatic heterocycles. The van der Waals surface area contributed by atoms with Crippen LogP contribution in [0.1, 0.15) is 17.2 Å². The molecule has 0 amide bonds. The van der Waals surface area contributed by atoms with Gasteiger partial charge in [0, 0.05) is 17.0 Å². The van der Waals surface area contributed by atoms with Crippen LogP contribution in [0, 0.1) is 17.5 Å². The van der Waals surface area contributed by atoms with Gasteiger partial charge in [0.15, 0.2) is 17.5 Å². The van der Waals surface area contributed by atoms with Gasteiger partial charge in [-0.2, -0.15) is 0 Å². The van der Waals surface area contributed by atoms with Gasteiger partial charge < -0.3 is 5.11 Å². The Morgan fingerprint density at radius 1 is 0.947 bits per heavy atom. The fraction of sp³-hybridized carbons (Fsp3) is 0.143. The zero-order valence-electron chi connectivity index (χ0n) is 9.71. The highest BCUT2D eigenvalue weighted by Gasteiger charge is 2.19. The van der Waals surface area contributed by atoms with Crippen LogP contribution in [0.5, 0.6) is 0 Å². The molecule has 0 aliphatic heterocycles. The van der Waals surface area contributed by atoms with Gasteiger partial charge in [0.1, 0.15) is 0 Å². The van der Waals surface area contributed by atoms with Gasteiger partial charge in [-0.15, -0.1) is 0 Å². The quantitative estimate of drug-likeness (QED) is 0.845. The summed E-state index contributed by atoms with van der Waals surface area (Å²) in [6.07, 6.45) is -1.17. The van der Waals surface area contributed by atoms with Gasteiger partial charge in [-0.1, -0.05) is 29.8 Å². The van der Waals surface area contributed by atoms with Crippen molar-refractivity contribution in [1.82, 2.24) is 0 Å². The molecule has 2 rings (SSSR count). The van der Waals surface area contributed by atoms with Crippen LogP contribution in [-0.4, -0.2) is 5.11 Å². The lowest BCUT2D eigenvalue weighted by molar-refractivity contribution is 0.172. The molecule has 0 fully saturated rings. The number of aliphatic hydroxyl groups is 1. The van der Waals surface area contributed by atoms with Gasteiger partial charge in [0.25, 0.3) is 0 Å². The number of hydrogen-bond donors (Lipinski definition) is 1. The summed E-state index contributed by atoms with van der Waals surface area (Å²) in [6, 6.07) is 8.43. The van der Waals surface area contributed by atoms with Gasteiger partial charge in [-0.05, 0) is 23.8 Å². The first-order valence-corrected chi connectivity index (χ1v) is 5.92. The molecule has 0 saturated heterocycles. The van der Waals surface area contributed by atoms with E-state index < -0.39 is 23.6 Å². The minimum absolute atomic E-state index is 0.0825. The fourth-order valence-corrected chi connectivity index (χ4v) is 1.88. The highest BCUT2D eigenvalue weighted by atomic mass is 35.5. The molecule has 0 heterocycles. The SMILES string of the molecule is OC(Cc1ccc(Cl)cc1)c1ccc(F)c(F)c1F. The molecule has 1 nitrogen and oxygen atoms in total. The Hall–Kier alpha value is -1.52. The fourth-order valence-electron chi connectivity index (χ4n) is 1.75. The summed E-state index contributed by atoms with van der Waals surface area (Å²) in [5, 5.41) is 10.4. The van der Waals surface area contributed by atoms with Crippen molar-refractivity contribution in [3.05, 3.63) is 70.0 Å². The first-order valence-electron chi connectivity index (χ1n) is 5.55. The van der Waals surface area contributed by atoms with E-state index in [0.717, 1.165) is 12.1 Å². The third-order valence-electron chi connectivity index (χ3n) is 2.77. The van der Waals surface area contributed by atoms with E-state index in [1.165, 1.54) is 0 Å². The highest BCUT2D eigenvalue weighted by molar-refractivity contribution is 6.30. The molecule has 5 heteroatoms. The van der Waals surface area contributed by atoms with Gasteiger partial charge in [0.05, 0.1) is 6.10 Å². The zero-order valence-corrected chi connectivity index (χ0v) is 10.5. The molecule has 0 spiro atoms. The molecule has 1 unspecified atom stereocenters. The molecule has 19 heavy (non-hydrogen) atoms. The minimum atomic E-state index is -1.58. The molecule has 100 valence electrons. The normalized spacial score (nSPS) is 12.5. The number of halogens is 4. The van der Waals surface area contributed by atoms with E-state index in [0.29, 0.717) is 10.6 Å². The lowest BCUT2D eigenvalue weighted by Crippen LogP contribution is -2.07. The molecule has 1 atom stereocenters. The Morgan fingerprint density at radius 3 is 2.21 bits per heavy atom. The number of rotatable bonds is 3. The maximum absolute atomic E-state index is 13.5. The molecule has 0 aliphatic carbocycles. The molecule has 0 aliphatic rings. The first kappa shape index (κ1) is 13.9. The van der Waals surface area contributed by atoms with Crippen molar-refractivity contribution in [3.8, 4) is 0 Å². The van der Waals surface area contributed by atoms with E-state index in [1.807, 2.05) is 0 Å². The van der Waals surface area contributed by atoms with Gasteiger partial charge in [-0.3, -0.25) is 0 Å². The number of aliphatic hydroxyl groups excluding tert-OH is 1. The summed E-state index contributed by atoms with van der Waals surface area (Å²) in [5.41, 5.74) is 0.440. The third kappa shape index (κ3) is 3.08. The average molecular weight is 287 g/mol. The van der Waals surface area contributed by atoms with Crippen molar-refractivity contribution in [3.63, 3.8) is 0 Å². The molecule has 0 bridgehead atoms. The summed E-state index contributed by atoms with van der Waals surface area (Å²) in [5.74, 6) is -4.21. The van der Waals surface area contributed by atoms with Crippen molar-refractivity contribution in [2.75, 3.05) is 0 Å². The maximum atomic E-state index is 13.5. The molecule has 2 aromatic carbocycles. The Bertz CT molecular complexity index is 584. The third-order valence-corrected chi connectivity index (χ3v) is 3.02. The van der Waals surface area contributed by atoms with Crippen LogP contribution in [0.25, 0.3) is 0 Å². The minimum Gasteiger partial charge on any atom is -0.388 e. The molecule has 1 N–H and O–H groups in total. The summed E-state index contributed by atoms with van der Waals surface area (Å²) in [7, 11) is 0. The zero-order chi connectivity index (χ0) is 14.0. The van der Waals surface area contributed by atoms with E-state index in [2.05, 4.69) is 0 Å². The standard InChI is InChI=1S/C14H10ClF3O/c15-9-3-1-8(2-4-9)7-12(19)10-5-6-11(16)14(18)13(10)17/h1-6,12,19H,7H2. The molecular formula is C14H10ClF3O. The number of benzene rings is 2. The van der Waals surface area contributed by atoms with E-state index in [4.69, 9.17) is 11.6 Å². The van der Waals surface area contributed by atoms with Crippen LogP contribution >= 0.6 is 11.6 Å². The van der Waals surface area contributed by atoms with E-state index in [-0.39, 0.29) is 12.0 Å². The van der Waals surface area contributed by atoms with Crippen LogP contribution in [0.3, 0.4) is 0 Å². The van der Waals surface area contributed by atoms with Gasteiger partial charge >= 0.3 is 0 Å². The largest absolute Gasteiger partial charge is 0.388 e. The van der Waals surface area contributed by atoms with E-state index >= 15 is 0 Å². The number of hydrogen-bond acceptors (Lipinski definition) is 1. The lowest BCUT2D eigenvalue weighted by Gasteiger charge is -2.12. The van der Waals surface area contributed by atoms with E-state index in [1.54, 1.807) is 24.3 Å². The van der Waals surface area contributed by atoms with Crippen molar-refractivity contribution >= 4 is 11.6 Å². The Kier molecular flexibility index (Phi) is 4.12. The first-order chi connectivity index (χ1) is 8.99. The topological polar surface area (TPSA) is 20.2 Å². The highest BCUT2D eigenvalue weighted by Crippen LogP contribution is 2.24. The molecule has 0 radical (unpaired) electrons. The van der Waals surface area contributed by atoms with Crippen molar-refractivity contribution in [2.24, 2.45) is 0 Å². The van der Waals surface area contributed by atoms with Gasteiger partial charge in [0.2, 0.25) is 0 Å². The predicted octanol–water partition coefficient (Wildman–Crippen LogP) is 4.03. The second kappa shape index (κ2) is 5.63. The monoisotopic (exact) mass is 286 g/mol. The maximum Gasteiger partial charge on any atom is 0.194 e. The van der Waals surface area contributed by atoms with Crippen LogP contribution in [0.4, 0.5) is 13.2 Å². The van der Waals surface area contributed by atoms with Crippen LogP contribution < -0.4 is 0 Å². The molecule has 0 saturated carbocycles. The van der Waals surface area contributed by atoms with Crippen molar-refractivity contribution in [2.45, 2.75) is 12.5 Å². The van der Waals surface area contributed by atoms with Crippen molar-refractivity contribution < 1.29 is 18.3 Å². The summed E-state index contributed by atoms with van der Waals surface area (Å²) in [4.78, 5) is 0. The Labute approximate surface area is 113 Å². The molecular weight excluding hydrogens is 277 g/mol. The smallest absolute Gasteiger partial charge is 0.194 e.